The molecule has 7 heteroatoms. The van der Waals surface area contributed by atoms with Gasteiger partial charge in [-0.25, -0.2) is 0 Å². The molecule has 1 heterocycles. The van der Waals surface area contributed by atoms with Crippen molar-refractivity contribution in [2.24, 2.45) is 0 Å². The second-order valence-corrected chi connectivity index (χ2v) is 3.63. The van der Waals surface area contributed by atoms with Crippen LogP contribution in [0.25, 0.3) is 5.69 Å². The highest BCUT2D eigenvalue weighted by Gasteiger charge is 2.30. The van der Waals surface area contributed by atoms with Crippen molar-refractivity contribution in [3.63, 3.8) is 0 Å². The van der Waals surface area contributed by atoms with Crippen LogP contribution in [0.5, 0.6) is 5.88 Å². The maximum atomic E-state index is 12.4. The topological polar surface area (TPSA) is 39.9 Å². The quantitative estimate of drug-likeness (QED) is 0.830. The summed E-state index contributed by atoms with van der Waals surface area (Å²) in [6.07, 6.45) is -4.34. The Morgan fingerprint density at radius 2 is 1.72 bits per heavy atom. The molecule has 0 fully saturated rings. The number of nitrogens with zero attached hydrogens (tertiary/aromatic N) is 3. The van der Waals surface area contributed by atoms with Crippen LogP contribution in [0.2, 0.25) is 0 Å². The minimum atomic E-state index is -4.34. The van der Waals surface area contributed by atoms with Gasteiger partial charge in [-0.2, -0.15) is 13.2 Å². The smallest absolute Gasteiger partial charge is 0.416 e. The zero-order chi connectivity index (χ0) is 13.3. The molecule has 1 aromatic carbocycles. The number of aryl methyl sites for hydroxylation is 1. The highest BCUT2D eigenvalue weighted by Crippen LogP contribution is 2.29. The van der Waals surface area contributed by atoms with Crippen molar-refractivity contribution in [2.45, 2.75) is 13.1 Å². The number of alkyl halides is 3. The summed E-state index contributed by atoms with van der Waals surface area (Å²) < 4.78 is 42.1. The molecule has 0 aliphatic rings. The molecule has 0 spiro atoms. The van der Waals surface area contributed by atoms with Crippen molar-refractivity contribution < 1.29 is 17.9 Å². The Labute approximate surface area is 101 Å². The molecule has 0 aliphatic carbocycles. The number of aromatic nitrogens is 3. The first-order valence-corrected chi connectivity index (χ1v) is 5.07. The number of rotatable bonds is 2. The highest BCUT2D eigenvalue weighted by molar-refractivity contribution is 5.34. The van der Waals surface area contributed by atoms with Crippen LogP contribution in [0, 0.1) is 6.92 Å². The number of benzene rings is 1. The lowest BCUT2D eigenvalue weighted by atomic mass is 10.2. The van der Waals surface area contributed by atoms with Crippen molar-refractivity contribution in [1.82, 2.24) is 15.0 Å². The fourth-order valence-electron chi connectivity index (χ4n) is 1.45. The summed E-state index contributed by atoms with van der Waals surface area (Å²) in [5, 5.41) is 8.04. The molecular weight excluding hydrogens is 247 g/mol. The van der Waals surface area contributed by atoms with Gasteiger partial charge in [0.25, 0.3) is 5.88 Å². The number of hydrogen-bond acceptors (Lipinski definition) is 3. The summed E-state index contributed by atoms with van der Waals surface area (Å²) in [6.45, 7) is 1.70. The second kappa shape index (κ2) is 4.32. The average molecular weight is 257 g/mol. The Bertz CT molecular complexity index is 546. The zero-order valence-electron chi connectivity index (χ0n) is 9.69. The van der Waals surface area contributed by atoms with Gasteiger partial charge in [0.15, 0.2) is 0 Å². The molecule has 0 bridgehead atoms. The second-order valence-electron chi connectivity index (χ2n) is 3.63. The van der Waals surface area contributed by atoms with Gasteiger partial charge in [0, 0.05) is 0 Å². The summed E-state index contributed by atoms with van der Waals surface area (Å²) in [5.74, 6) is 0.342. The summed E-state index contributed by atoms with van der Waals surface area (Å²) >= 11 is 0. The molecule has 0 aliphatic heterocycles. The monoisotopic (exact) mass is 257 g/mol. The van der Waals surface area contributed by atoms with Gasteiger partial charge in [-0.15, -0.1) is 15.0 Å². The maximum Gasteiger partial charge on any atom is 0.416 e. The normalized spacial score (nSPS) is 11.6. The summed E-state index contributed by atoms with van der Waals surface area (Å²) in [6, 6.07) is 4.59. The SMILES string of the molecule is COc1nn(-c2ccc(C(F)(F)F)cc2)nc1C. The Hall–Kier alpha value is -2.05. The number of halogens is 3. The van der Waals surface area contributed by atoms with Gasteiger partial charge in [0.05, 0.1) is 18.4 Å². The predicted molar refractivity (Wildman–Crippen MR) is 57.7 cm³/mol. The number of ether oxygens (including phenoxy) is 1. The first kappa shape index (κ1) is 12.4. The fraction of sp³-hybridized carbons (Fsp3) is 0.273. The lowest BCUT2D eigenvalue weighted by Gasteiger charge is -2.06. The molecule has 0 atom stereocenters. The summed E-state index contributed by atoms with van der Waals surface area (Å²) in [5.41, 5.74) is 0.300. The minimum Gasteiger partial charge on any atom is -0.479 e. The molecular formula is C11H10F3N3O. The predicted octanol–water partition coefficient (Wildman–Crippen LogP) is 2.60. The Balaban J connectivity index is 2.34. The Morgan fingerprint density at radius 1 is 1.11 bits per heavy atom. The van der Waals surface area contributed by atoms with Gasteiger partial charge in [-0.05, 0) is 31.2 Å². The van der Waals surface area contributed by atoms with Crippen LogP contribution in [0.1, 0.15) is 11.3 Å². The van der Waals surface area contributed by atoms with Gasteiger partial charge in [-0.3, -0.25) is 0 Å². The zero-order valence-corrected chi connectivity index (χ0v) is 9.69. The van der Waals surface area contributed by atoms with Crippen LogP contribution < -0.4 is 4.74 Å². The van der Waals surface area contributed by atoms with Gasteiger partial charge in [0.1, 0.15) is 5.69 Å². The third-order valence-electron chi connectivity index (χ3n) is 2.36. The van der Waals surface area contributed by atoms with Crippen molar-refractivity contribution in [3.05, 3.63) is 35.5 Å². The van der Waals surface area contributed by atoms with Gasteiger partial charge in [-0.1, -0.05) is 0 Å². The molecule has 18 heavy (non-hydrogen) atoms. The molecule has 0 unspecified atom stereocenters. The molecule has 0 N–H and O–H groups in total. The molecule has 2 rings (SSSR count). The first-order chi connectivity index (χ1) is 8.41. The van der Waals surface area contributed by atoms with E-state index in [-0.39, 0.29) is 0 Å². The van der Waals surface area contributed by atoms with Crippen LogP contribution in [-0.2, 0) is 6.18 Å². The van der Waals surface area contributed by atoms with Crippen LogP contribution in [-0.4, -0.2) is 22.1 Å². The van der Waals surface area contributed by atoms with Crippen LogP contribution in [0.15, 0.2) is 24.3 Å². The number of methoxy groups -OCH3 is 1. The average Bonchev–Trinajstić information content (AvgIpc) is 2.69. The van der Waals surface area contributed by atoms with Crippen molar-refractivity contribution in [2.75, 3.05) is 7.11 Å². The Kier molecular flexibility index (Phi) is 2.98. The van der Waals surface area contributed by atoms with E-state index in [2.05, 4.69) is 10.2 Å². The van der Waals surface area contributed by atoms with E-state index in [4.69, 9.17) is 4.74 Å². The fourth-order valence-corrected chi connectivity index (χ4v) is 1.45. The van der Waals surface area contributed by atoms with Crippen molar-refractivity contribution in [1.29, 1.82) is 0 Å². The molecule has 1 aromatic heterocycles. The van der Waals surface area contributed by atoms with Crippen molar-refractivity contribution in [3.8, 4) is 11.6 Å². The molecule has 4 nitrogen and oxygen atoms in total. The van der Waals surface area contributed by atoms with E-state index >= 15 is 0 Å². The standard InChI is InChI=1S/C11H10F3N3O/c1-7-10(18-2)16-17(15-7)9-5-3-8(4-6-9)11(12,13)14/h3-6H,1-2H3. The molecule has 0 amide bonds. The maximum absolute atomic E-state index is 12.4. The molecule has 0 saturated heterocycles. The molecule has 2 aromatic rings. The lowest BCUT2D eigenvalue weighted by Crippen LogP contribution is -2.05. The molecule has 0 saturated carbocycles. The van der Waals surface area contributed by atoms with Gasteiger partial charge < -0.3 is 4.74 Å². The van der Waals surface area contributed by atoms with Gasteiger partial charge >= 0.3 is 6.18 Å². The van der Waals surface area contributed by atoms with E-state index in [1.54, 1.807) is 6.92 Å². The molecule has 96 valence electrons. The number of hydrogen-bond donors (Lipinski definition) is 0. The van der Waals surface area contributed by atoms with E-state index in [0.29, 0.717) is 17.3 Å². The third-order valence-corrected chi connectivity index (χ3v) is 2.36. The largest absolute Gasteiger partial charge is 0.479 e. The van der Waals surface area contributed by atoms with E-state index in [1.165, 1.54) is 24.0 Å². The first-order valence-electron chi connectivity index (χ1n) is 5.07. The van der Waals surface area contributed by atoms with E-state index in [9.17, 15) is 13.2 Å². The van der Waals surface area contributed by atoms with Gasteiger partial charge in [0.2, 0.25) is 0 Å². The lowest BCUT2D eigenvalue weighted by molar-refractivity contribution is -0.137. The van der Waals surface area contributed by atoms with E-state index < -0.39 is 11.7 Å². The van der Waals surface area contributed by atoms with E-state index in [1.807, 2.05) is 0 Å². The summed E-state index contributed by atoms with van der Waals surface area (Å²) in [7, 11) is 1.45. The van der Waals surface area contributed by atoms with Crippen molar-refractivity contribution >= 4 is 0 Å². The minimum absolute atomic E-state index is 0.342. The molecule has 0 radical (unpaired) electrons. The Morgan fingerprint density at radius 3 is 2.17 bits per heavy atom. The highest BCUT2D eigenvalue weighted by atomic mass is 19.4. The van der Waals surface area contributed by atoms with Crippen LogP contribution in [0.3, 0.4) is 0 Å². The van der Waals surface area contributed by atoms with Crippen LogP contribution in [0.4, 0.5) is 13.2 Å². The van der Waals surface area contributed by atoms with E-state index in [0.717, 1.165) is 12.1 Å². The third kappa shape index (κ3) is 2.29. The van der Waals surface area contributed by atoms with Crippen LogP contribution >= 0.6 is 0 Å². The summed E-state index contributed by atoms with van der Waals surface area (Å²) in [4.78, 5) is 1.23.